The number of hydrogen-bond acceptors (Lipinski definition) is 3. The van der Waals surface area contributed by atoms with Crippen LogP contribution in [-0.4, -0.2) is 34.2 Å². The van der Waals surface area contributed by atoms with Gasteiger partial charge in [-0.05, 0) is 48.3 Å². The first-order chi connectivity index (χ1) is 16.0. The minimum Gasteiger partial charge on any atom is -0.356 e. The lowest BCUT2D eigenvalue weighted by Crippen LogP contribution is -2.41. The van der Waals surface area contributed by atoms with Crippen molar-refractivity contribution in [2.45, 2.75) is 72.9 Å². The zero-order valence-electron chi connectivity index (χ0n) is 20.8. The zero-order valence-corrected chi connectivity index (χ0v) is 22.3. The Morgan fingerprint density at radius 1 is 1.24 bits per heavy atom. The fourth-order valence-corrected chi connectivity index (χ4v) is 4.96. The Kier molecular flexibility index (Phi) is 8.69. The van der Waals surface area contributed by atoms with E-state index in [0.717, 1.165) is 19.3 Å². The summed E-state index contributed by atoms with van der Waals surface area (Å²) < 4.78 is 1.79. The topological polar surface area (TPSA) is 76.0 Å². The van der Waals surface area contributed by atoms with E-state index < -0.39 is 0 Å². The van der Waals surface area contributed by atoms with Gasteiger partial charge in [0.25, 0.3) is 5.91 Å². The predicted octanol–water partition coefficient (Wildman–Crippen LogP) is 5.96. The van der Waals surface area contributed by atoms with E-state index in [4.69, 9.17) is 23.2 Å². The van der Waals surface area contributed by atoms with Crippen molar-refractivity contribution >= 4 is 35.0 Å². The fourth-order valence-electron chi connectivity index (χ4n) is 4.36. The van der Waals surface area contributed by atoms with Gasteiger partial charge >= 0.3 is 0 Å². The van der Waals surface area contributed by atoms with Crippen molar-refractivity contribution in [1.82, 2.24) is 20.4 Å². The second-order valence-electron chi connectivity index (χ2n) is 10.4. The summed E-state index contributed by atoms with van der Waals surface area (Å²) in [6, 6.07) is 6.83. The highest BCUT2D eigenvalue weighted by Crippen LogP contribution is 2.54. The first-order valence-corrected chi connectivity index (χ1v) is 12.9. The molecular weight excluding hydrogens is 471 g/mol. The van der Waals surface area contributed by atoms with Gasteiger partial charge in [-0.3, -0.25) is 14.3 Å². The number of nitrogens with zero attached hydrogens (tertiary/aromatic N) is 2. The van der Waals surface area contributed by atoms with Gasteiger partial charge in [-0.25, -0.2) is 0 Å². The van der Waals surface area contributed by atoms with E-state index in [2.05, 4.69) is 50.4 Å². The summed E-state index contributed by atoms with van der Waals surface area (Å²) in [7, 11) is 0. The molecule has 186 valence electrons. The number of hydrogen-bond donors (Lipinski definition) is 2. The van der Waals surface area contributed by atoms with Gasteiger partial charge in [-0.1, -0.05) is 70.3 Å². The van der Waals surface area contributed by atoms with Crippen LogP contribution in [0.5, 0.6) is 0 Å². The van der Waals surface area contributed by atoms with Crippen LogP contribution in [0.25, 0.3) is 11.3 Å². The number of nitrogens with one attached hydrogen (secondary N) is 2. The van der Waals surface area contributed by atoms with Crippen molar-refractivity contribution in [2.24, 2.45) is 17.3 Å². The number of carbonyl (C=O) groups excluding carboxylic acids is 2. The van der Waals surface area contributed by atoms with Crippen LogP contribution in [0.15, 0.2) is 24.3 Å². The summed E-state index contributed by atoms with van der Waals surface area (Å²) in [6.07, 6.45) is 3.20. The quantitative estimate of drug-likeness (QED) is 0.369. The summed E-state index contributed by atoms with van der Waals surface area (Å²) in [5, 5.41) is 11.7. The molecule has 6 nitrogen and oxygen atoms in total. The SMILES string of the molecule is CCCCNC(=O)C[C@@H](NC(=O)c1cc(-c2c(Cl)cccc2Cl)n(CC(C)C)n1)C1CC1(C)C. The molecule has 0 saturated heterocycles. The van der Waals surface area contributed by atoms with Gasteiger partial charge < -0.3 is 10.6 Å². The lowest BCUT2D eigenvalue weighted by Gasteiger charge is -2.19. The van der Waals surface area contributed by atoms with Crippen LogP contribution in [0.1, 0.15) is 70.8 Å². The molecule has 2 atom stereocenters. The molecule has 3 rings (SSSR count). The average molecular weight is 508 g/mol. The number of aromatic nitrogens is 2. The number of unbranched alkanes of at least 4 members (excludes halogenated alkanes) is 1. The van der Waals surface area contributed by atoms with Crippen LogP contribution in [0.4, 0.5) is 0 Å². The first kappa shape index (κ1) is 26.6. The zero-order chi connectivity index (χ0) is 25.0. The molecule has 1 unspecified atom stereocenters. The Bertz CT molecular complexity index is 1010. The third-order valence-electron chi connectivity index (χ3n) is 6.42. The molecule has 1 heterocycles. The van der Waals surface area contributed by atoms with Crippen LogP contribution < -0.4 is 10.6 Å². The Morgan fingerprint density at radius 2 is 1.88 bits per heavy atom. The van der Waals surface area contributed by atoms with Crippen LogP contribution in [0.2, 0.25) is 10.0 Å². The molecule has 0 aliphatic heterocycles. The monoisotopic (exact) mass is 506 g/mol. The Labute approximate surface area is 212 Å². The van der Waals surface area contributed by atoms with Crippen LogP contribution >= 0.6 is 23.2 Å². The first-order valence-electron chi connectivity index (χ1n) is 12.1. The second-order valence-corrected chi connectivity index (χ2v) is 11.2. The lowest BCUT2D eigenvalue weighted by molar-refractivity contribution is -0.121. The maximum Gasteiger partial charge on any atom is 0.272 e. The summed E-state index contributed by atoms with van der Waals surface area (Å²) in [4.78, 5) is 25.8. The molecule has 1 aromatic carbocycles. The lowest BCUT2D eigenvalue weighted by atomic mass is 10.0. The highest BCUT2D eigenvalue weighted by atomic mass is 35.5. The number of carbonyl (C=O) groups is 2. The molecule has 1 fully saturated rings. The van der Waals surface area contributed by atoms with Crippen molar-refractivity contribution in [2.75, 3.05) is 6.54 Å². The van der Waals surface area contributed by atoms with Gasteiger partial charge in [0.1, 0.15) is 0 Å². The summed E-state index contributed by atoms with van der Waals surface area (Å²) in [5.74, 6) is 0.238. The maximum absolute atomic E-state index is 13.3. The van der Waals surface area contributed by atoms with Crippen molar-refractivity contribution < 1.29 is 9.59 Å². The molecule has 2 amide bonds. The third-order valence-corrected chi connectivity index (χ3v) is 7.05. The normalized spacial score (nSPS) is 17.5. The van der Waals surface area contributed by atoms with E-state index in [1.165, 1.54) is 0 Å². The molecule has 2 aromatic rings. The molecule has 8 heteroatoms. The fraction of sp³-hybridized carbons (Fsp3) is 0.577. The van der Waals surface area contributed by atoms with E-state index in [0.29, 0.717) is 46.0 Å². The van der Waals surface area contributed by atoms with E-state index in [9.17, 15) is 9.59 Å². The largest absolute Gasteiger partial charge is 0.356 e. The number of halogens is 2. The molecule has 0 radical (unpaired) electrons. The Morgan fingerprint density at radius 3 is 2.44 bits per heavy atom. The maximum atomic E-state index is 13.3. The van der Waals surface area contributed by atoms with Crippen LogP contribution in [0.3, 0.4) is 0 Å². The minimum atomic E-state index is -0.291. The van der Waals surface area contributed by atoms with Crippen molar-refractivity contribution in [3.05, 3.63) is 40.0 Å². The predicted molar refractivity (Wildman–Crippen MR) is 138 cm³/mol. The minimum absolute atomic E-state index is 0.0321. The van der Waals surface area contributed by atoms with Crippen LogP contribution in [-0.2, 0) is 11.3 Å². The number of benzene rings is 1. The smallest absolute Gasteiger partial charge is 0.272 e. The van der Waals surface area contributed by atoms with Gasteiger partial charge in [0.15, 0.2) is 5.69 Å². The molecule has 1 aliphatic carbocycles. The molecule has 34 heavy (non-hydrogen) atoms. The van der Waals surface area contributed by atoms with Gasteiger partial charge in [-0.2, -0.15) is 5.10 Å². The van der Waals surface area contributed by atoms with Gasteiger partial charge in [0.2, 0.25) is 5.91 Å². The molecular formula is C26H36Cl2N4O2. The third kappa shape index (κ3) is 6.54. The van der Waals surface area contributed by atoms with E-state index in [1.54, 1.807) is 28.9 Å². The van der Waals surface area contributed by atoms with E-state index >= 15 is 0 Å². The second kappa shape index (κ2) is 11.1. The highest BCUT2D eigenvalue weighted by Gasteiger charge is 2.51. The summed E-state index contributed by atoms with van der Waals surface area (Å²) in [5.41, 5.74) is 1.76. The van der Waals surface area contributed by atoms with E-state index in [-0.39, 0.29) is 35.6 Å². The molecule has 2 N–H and O–H groups in total. The number of amides is 2. The summed E-state index contributed by atoms with van der Waals surface area (Å²) in [6.45, 7) is 11.9. The van der Waals surface area contributed by atoms with Crippen molar-refractivity contribution in [3.63, 3.8) is 0 Å². The Hall–Kier alpha value is -2.05. The van der Waals surface area contributed by atoms with Gasteiger partial charge in [-0.15, -0.1) is 0 Å². The van der Waals surface area contributed by atoms with Gasteiger partial charge in [0.05, 0.1) is 15.7 Å². The molecule has 1 aromatic heterocycles. The van der Waals surface area contributed by atoms with Crippen molar-refractivity contribution in [3.8, 4) is 11.3 Å². The Balaban J connectivity index is 1.84. The van der Waals surface area contributed by atoms with Crippen LogP contribution in [0, 0.1) is 17.3 Å². The molecule has 0 spiro atoms. The van der Waals surface area contributed by atoms with Gasteiger partial charge in [0, 0.05) is 31.1 Å². The highest BCUT2D eigenvalue weighted by molar-refractivity contribution is 6.39. The number of rotatable bonds is 11. The molecule has 1 aliphatic rings. The molecule has 0 bridgehead atoms. The van der Waals surface area contributed by atoms with E-state index in [1.807, 2.05) is 0 Å². The van der Waals surface area contributed by atoms with Crippen molar-refractivity contribution in [1.29, 1.82) is 0 Å². The standard InChI is InChI=1S/C26H36Cl2N4O2/c1-6-7-11-29-23(33)13-20(17-14-26(17,4)5)30-25(34)21-12-22(32(31-21)15-16(2)3)24-18(27)9-8-10-19(24)28/h8-10,12,16-17,20H,6-7,11,13-15H2,1-5H3,(H,29,33)(H,30,34)/t17?,20-/m1/s1. The molecule has 1 saturated carbocycles. The average Bonchev–Trinajstić information content (AvgIpc) is 3.19. The summed E-state index contributed by atoms with van der Waals surface area (Å²) >= 11 is 12.9.